The van der Waals surface area contributed by atoms with E-state index >= 15 is 0 Å². The second-order valence-electron chi connectivity index (χ2n) is 9.94. The minimum absolute atomic E-state index is 0.0338. The number of hydrazone groups is 1. The first kappa shape index (κ1) is 29.1. The fourth-order valence-corrected chi connectivity index (χ4v) is 4.84. The molecule has 1 unspecified atom stereocenters. The van der Waals surface area contributed by atoms with Gasteiger partial charge in [0.2, 0.25) is 6.41 Å². The van der Waals surface area contributed by atoms with E-state index < -0.39 is 24.7 Å². The molecule has 2 aromatic rings. The minimum Gasteiger partial charge on any atom is -0.497 e. The molecule has 2 aliphatic heterocycles. The van der Waals surface area contributed by atoms with Crippen LogP contribution in [0.5, 0.6) is 5.75 Å². The molecule has 1 fully saturated rings. The molecule has 40 heavy (non-hydrogen) atoms. The van der Waals surface area contributed by atoms with Crippen LogP contribution in [0.25, 0.3) is 0 Å². The van der Waals surface area contributed by atoms with Crippen LogP contribution < -0.4 is 25.7 Å². The molecule has 1 aromatic heterocycles. The summed E-state index contributed by atoms with van der Waals surface area (Å²) in [7, 11) is 1.64. The lowest BCUT2D eigenvalue weighted by Gasteiger charge is -2.36. The average Bonchev–Trinajstić information content (AvgIpc) is 3.37. The standard InChI is InChI=1S/C27H34F3N7O3/c1-18-11-19(13-22(12-18)40-2)3-4-20-14-24(35-34-20)33-26(39)25-23(32-17-38)15-21(16-31-25)37-9-7-36(8-10-37)6-5-27(28,29)30/h11-13,15-17,24,35H,3-10,14H2,1-2H3,(H,32,38)(H,33,39). The molecule has 3 heterocycles. The van der Waals surface area contributed by atoms with Crippen LogP contribution in [0.3, 0.4) is 0 Å². The van der Waals surface area contributed by atoms with E-state index in [1.165, 1.54) is 6.20 Å². The molecule has 1 atom stereocenters. The lowest BCUT2D eigenvalue weighted by atomic mass is 10.0. The second-order valence-corrected chi connectivity index (χ2v) is 9.94. The van der Waals surface area contributed by atoms with Gasteiger partial charge in [-0.2, -0.15) is 18.3 Å². The Balaban J connectivity index is 1.30. The first-order valence-electron chi connectivity index (χ1n) is 13.1. The zero-order chi connectivity index (χ0) is 28.7. The Morgan fingerprint density at radius 2 is 1.95 bits per heavy atom. The molecule has 0 saturated carbocycles. The highest BCUT2D eigenvalue weighted by molar-refractivity contribution is 6.00. The molecule has 13 heteroatoms. The number of ether oxygens (including phenoxy) is 1. The first-order valence-corrected chi connectivity index (χ1v) is 13.1. The van der Waals surface area contributed by atoms with E-state index in [0.717, 1.165) is 35.4 Å². The zero-order valence-electron chi connectivity index (χ0n) is 22.6. The van der Waals surface area contributed by atoms with Gasteiger partial charge in [-0.15, -0.1) is 0 Å². The van der Waals surface area contributed by atoms with Crippen molar-refractivity contribution >= 4 is 29.4 Å². The van der Waals surface area contributed by atoms with Gasteiger partial charge >= 0.3 is 6.18 Å². The number of piperazine rings is 1. The highest BCUT2D eigenvalue weighted by Gasteiger charge is 2.29. The third-order valence-corrected chi connectivity index (χ3v) is 6.92. The maximum absolute atomic E-state index is 13.0. The van der Waals surface area contributed by atoms with Gasteiger partial charge < -0.3 is 20.3 Å². The molecule has 0 aliphatic carbocycles. The van der Waals surface area contributed by atoms with E-state index in [-0.39, 0.29) is 17.9 Å². The topological polar surface area (TPSA) is 111 Å². The number of methoxy groups -OCH3 is 1. The molecule has 4 rings (SSSR count). The third kappa shape index (κ3) is 8.07. The number of alkyl halides is 3. The van der Waals surface area contributed by atoms with Crippen molar-refractivity contribution < 1.29 is 27.5 Å². The molecule has 2 aliphatic rings. The van der Waals surface area contributed by atoms with Gasteiger partial charge in [-0.1, -0.05) is 6.07 Å². The summed E-state index contributed by atoms with van der Waals surface area (Å²) in [5.74, 6) is 0.346. The zero-order valence-corrected chi connectivity index (χ0v) is 22.6. The molecule has 1 aromatic carbocycles. The van der Waals surface area contributed by atoms with Crippen LogP contribution in [0.15, 0.2) is 35.6 Å². The monoisotopic (exact) mass is 561 g/mol. The third-order valence-electron chi connectivity index (χ3n) is 6.92. The van der Waals surface area contributed by atoms with Crippen LogP contribution in [0.2, 0.25) is 0 Å². The van der Waals surface area contributed by atoms with E-state index in [9.17, 15) is 22.8 Å². The van der Waals surface area contributed by atoms with Crippen LogP contribution in [-0.4, -0.2) is 80.1 Å². The van der Waals surface area contributed by atoms with E-state index in [1.54, 1.807) is 18.1 Å². The lowest BCUT2D eigenvalue weighted by molar-refractivity contribution is -0.138. The number of halogens is 3. The number of aryl methyl sites for hydroxylation is 2. The van der Waals surface area contributed by atoms with Crippen molar-refractivity contribution in [1.82, 2.24) is 20.6 Å². The lowest BCUT2D eigenvalue weighted by Crippen LogP contribution is -2.47. The molecule has 1 saturated heterocycles. The van der Waals surface area contributed by atoms with Gasteiger partial charge in [0.05, 0.1) is 31.1 Å². The average molecular weight is 562 g/mol. The number of hydrogen-bond donors (Lipinski definition) is 3. The Bertz CT molecular complexity index is 1230. The summed E-state index contributed by atoms with van der Waals surface area (Å²) < 4.78 is 42.9. The van der Waals surface area contributed by atoms with Gasteiger partial charge in [0, 0.05) is 44.9 Å². The van der Waals surface area contributed by atoms with Crippen LogP contribution in [0.1, 0.15) is 40.9 Å². The Hall–Kier alpha value is -3.87. The van der Waals surface area contributed by atoms with Gasteiger partial charge in [-0.05, 0) is 49.1 Å². The number of anilines is 2. The van der Waals surface area contributed by atoms with Gasteiger partial charge in [0.1, 0.15) is 11.9 Å². The number of benzene rings is 1. The largest absolute Gasteiger partial charge is 0.497 e. The molecule has 0 bridgehead atoms. The maximum Gasteiger partial charge on any atom is 0.390 e. The number of nitrogens with one attached hydrogen (secondary N) is 3. The summed E-state index contributed by atoms with van der Waals surface area (Å²) in [6, 6.07) is 7.73. The minimum atomic E-state index is -4.18. The molecular formula is C27H34F3N7O3. The van der Waals surface area contributed by atoms with Gasteiger partial charge in [-0.25, -0.2) is 4.98 Å². The van der Waals surface area contributed by atoms with Crippen molar-refractivity contribution in [1.29, 1.82) is 0 Å². The predicted molar refractivity (Wildman–Crippen MR) is 146 cm³/mol. The van der Waals surface area contributed by atoms with E-state index in [4.69, 9.17) is 4.74 Å². The number of carbonyl (C=O) groups is 2. The molecular weight excluding hydrogens is 527 g/mol. The summed E-state index contributed by atoms with van der Waals surface area (Å²) in [5.41, 5.74) is 7.11. The van der Waals surface area contributed by atoms with Crippen molar-refractivity contribution in [3.05, 3.63) is 47.3 Å². The number of carbonyl (C=O) groups excluding carboxylic acids is 2. The fraction of sp³-hybridized carbons (Fsp3) is 0.481. The number of amides is 2. The van der Waals surface area contributed by atoms with Crippen molar-refractivity contribution in [3.63, 3.8) is 0 Å². The maximum atomic E-state index is 13.0. The Morgan fingerprint density at radius 3 is 2.65 bits per heavy atom. The normalized spacial score (nSPS) is 17.7. The number of nitrogens with zero attached hydrogens (tertiary/aromatic N) is 4. The Kier molecular flexibility index (Phi) is 9.46. The van der Waals surface area contributed by atoms with E-state index in [1.807, 2.05) is 24.0 Å². The Labute approximate surface area is 231 Å². The summed E-state index contributed by atoms with van der Waals surface area (Å²) in [5, 5.41) is 9.77. The van der Waals surface area contributed by atoms with Crippen molar-refractivity contribution in [2.24, 2.45) is 5.10 Å². The van der Waals surface area contributed by atoms with Crippen molar-refractivity contribution in [2.75, 3.05) is 50.1 Å². The van der Waals surface area contributed by atoms with Crippen LogP contribution in [-0.2, 0) is 11.2 Å². The molecule has 216 valence electrons. The Morgan fingerprint density at radius 1 is 1.18 bits per heavy atom. The van der Waals surface area contributed by atoms with E-state index in [2.05, 4.69) is 32.2 Å². The summed E-state index contributed by atoms with van der Waals surface area (Å²) >= 11 is 0. The first-order chi connectivity index (χ1) is 19.1. The molecule has 3 N–H and O–H groups in total. The SMILES string of the molecule is COc1cc(C)cc(CCC2=NNC(NC(=O)c3ncc(N4CCN(CCC(F)(F)F)CC4)cc3NC=O)C2)c1. The van der Waals surface area contributed by atoms with Crippen LogP contribution in [0, 0.1) is 6.92 Å². The molecule has 0 spiro atoms. The van der Waals surface area contributed by atoms with Gasteiger partial charge in [0.15, 0.2) is 5.69 Å². The van der Waals surface area contributed by atoms with Crippen molar-refractivity contribution in [2.45, 2.75) is 44.9 Å². The number of pyridine rings is 1. The van der Waals surface area contributed by atoms with Crippen LogP contribution in [0.4, 0.5) is 24.5 Å². The van der Waals surface area contributed by atoms with Gasteiger partial charge in [-0.3, -0.25) is 19.9 Å². The molecule has 10 nitrogen and oxygen atoms in total. The van der Waals surface area contributed by atoms with E-state index in [0.29, 0.717) is 44.7 Å². The summed E-state index contributed by atoms with van der Waals surface area (Å²) in [6.45, 7) is 3.95. The predicted octanol–water partition coefficient (Wildman–Crippen LogP) is 3.08. The molecule has 0 radical (unpaired) electrons. The smallest absolute Gasteiger partial charge is 0.390 e. The molecule has 2 amide bonds. The number of hydrogen-bond acceptors (Lipinski definition) is 8. The van der Waals surface area contributed by atoms with Crippen molar-refractivity contribution in [3.8, 4) is 5.75 Å². The summed E-state index contributed by atoms with van der Waals surface area (Å²) in [4.78, 5) is 32.3. The van der Waals surface area contributed by atoms with Gasteiger partial charge in [0.25, 0.3) is 5.91 Å². The quantitative estimate of drug-likeness (QED) is 0.362. The fourth-order valence-electron chi connectivity index (χ4n) is 4.84. The highest BCUT2D eigenvalue weighted by atomic mass is 19.4. The summed E-state index contributed by atoms with van der Waals surface area (Å²) in [6.07, 6.45) is -1.38. The highest BCUT2D eigenvalue weighted by Crippen LogP contribution is 2.25. The van der Waals surface area contributed by atoms with Crippen LogP contribution >= 0.6 is 0 Å². The number of rotatable bonds is 11. The number of aromatic nitrogens is 1. The second kappa shape index (κ2) is 13.0.